The Morgan fingerprint density at radius 3 is 2.64 bits per heavy atom. The van der Waals surface area contributed by atoms with Crippen molar-refractivity contribution in [2.75, 3.05) is 17.6 Å². The van der Waals surface area contributed by atoms with Gasteiger partial charge in [-0.2, -0.15) is 0 Å². The van der Waals surface area contributed by atoms with E-state index in [1.54, 1.807) is 0 Å². The van der Waals surface area contributed by atoms with Crippen LogP contribution in [0.15, 0.2) is 53.2 Å². The predicted molar refractivity (Wildman–Crippen MR) is 93.0 cm³/mol. The highest BCUT2D eigenvalue weighted by atomic mass is 14.9. The van der Waals surface area contributed by atoms with Crippen LogP contribution in [0.2, 0.25) is 0 Å². The predicted octanol–water partition coefficient (Wildman–Crippen LogP) is 3.52. The fourth-order valence-corrected chi connectivity index (χ4v) is 2.71. The van der Waals surface area contributed by atoms with E-state index in [0.29, 0.717) is 5.82 Å². The molecule has 3 N–H and O–H groups in total. The Kier molecular flexibility index (Phi) is 3.92. The molecule has 0 saturated carbocycles. The van der Waals surface area contributed by atoms with E-state index in [-0.39, 0.29) is 0 Å². The molecule has 4 nitrogen and oxygen atoms in total. The van der Waals surface area contributed by atoms with Gasteiger partial charge in [0.05, 0.1) is 12.2 Å². The molecule has 22 heavy (non-hydrogen) atoms. The maximum atomic E-state index is 6.00. The van der Waals surface area contributed by atoms with E-state index in [9.17, 15) is 0 Å². The van der Waals surface area contributed by atoms with Crippen molar-refractivity contribution < 1.29 is 0 Å². The molecule has 112 valence electrons. The third kappa shape index (κ3) is 2.86. The Balaban J connectivity index is 1.85. The van der Waals surface area contributed by atoms with E-state index in [4.69, 9.17) is 5.73 Å². The van der Waals surface area contributed by atoms with E-state index >= 15 is 0 Å². The maximum absolute atomic E-state index is 6.00. The number of allylic oxidation sites excluding steroid dienone is 1. The molecule has 4 heteroatoms. The Morgan fingerprint density at radius 2 is 1.95 bits per heavy atom. The third-order valence-electron chi connectivity index (χ3n) is 3.87. The molecule has 1 aliphatic rings. The minimum atomic E-state index is 0.519. The summed E-state index contributed by atoms with van der Waals surface area (Å²) < 4.78 is 0. The van der Waals surface area contributed by atoms with Gasteiger partial charge in [-0.1, -0.05) is 30.3 Å². The van der Waals surface area contributed by atoms with Crippen molar-refractivity contribution in [3.63, 3.8) is 0 Å². The van der Waals surface area contributed by atoms with Crippen LogP contribution in [0.5, 0.6) is 0 Å². The molecule has 0 fully saturated rings. The highest BCUT2D eigenvalue weighted by molar-refractivity contribution is 6.25. The van der Waals surface area contributed by atoms with Crippen LogP contribution in [0.4, 0.5) is 11.5 Å². The van der Waals surface area contributed by atoms with Crippen LogP contribution in [0.1, 0.15) is 25.0 Å². The zero-order valence-corrected chi connectivity index (χ0v) is 12.9. The lowest BCUT2D eigenvalue weighted by Crippen LogP contribution is -2.05. The number of hydrogen-bond donors (Lipinski definition) is 2. The molecule has 0 bridgehead atoms. The molecule has 0 radical (unpaired) electrons. The van der Waals surface area contributed by atoms with Crippen molar-refractivity contribution in [1.29, 1.82) is 0 Å². The van der Waals surface area contributed by atoms with Gasteiger partial charge in [-0.15, -0.1) is 0 Å². The van der Waals surface area contributed by atoms with Gasteiger partial charge in [-0.05, 0) is 31.1 Å². The second-order valence-electron chi connectivity index (χ2n) is 5.55. The summed E-state index contributed by atoms with van der Waals surface area (Å²) in [6.07, 6.45) is 1.83. The highest BCUT2D eigenvalue weighted by Gasteiger charge is 2.16. The van der Waals surface area contributed by atoms with Gasteiger partial charge in [-0.25, -0.2) is 4.98 Å². The number of rotatable bonds is 4. The smallest absolute Gasteiger partial charge is 0.146 e. The summed E-state index contributed by atoms with van der Waals surface area (Å²) in [5.74, 6) is 0.519. The molecule has 0 spiro atoms. The normalized spacial score (nSPS) is 14.2. The molecule has 0 aliphatic carbocycles. The molecule has 1 aromatic heterocycles. The first-order valence-corrected chi connectivity index (χ1v) is 7.40. The number of nitrogen functional groups attached to an aromatic ring is 1. The minimum Gasteiger partial charge on any atom is -0.382 e. The van der Waals surface area contributed by atoms with Gasteiger partial charge in [0.25, 0.3) is 0 Å². The molecule has 1 aliphatic heterocycles. The lowest BCUT2D eigenvalue weighted by Gasteiger charge is -2.12. The standard InChI is InChI=1S/C18H20N4/c1-12-9-20-13(2)17(12)15-8-16(18(19)22-11-15)21-10-14-6-4-3-5-7-14/h3-8,11,21H,9-10H2,1-2H3,(H2,19,22). The van der Waals surface area contributed by atoms with Crippen LogP contribution in [0.3, 0.4) is 0 Å². The average Bonchev–Trinajstić information content (AvgIpc) is 2.87. The molecule has 2 aromatic rings. The first kappa shape index (κ1) is 14.3. The minimum absolute atomic E-state index is 0.519. The van der Waals surface area contributed by atoms with Gasteiger partial charge in [0, 0.05) is 29.6 Å². The molecule has 1 aromatic carbocycles. The number of nitrogens with one attached hydrogen (secondary N) is 1. The van der Waals surface area contributed by atoms with Crippen molar-refractivity contribution in [1.82, 2.24) is 4.98 Å². The van der Waals surface area contributed by atoms with Gasteiger partial charge in [-0.3, -0.25) is 4.99 Å². The second kappa shape index (κ2) is 6.02. The number of hydrogen-bond acceptors (Lipinski definition) is 4. The zero-order chi connectivity index (χ0) is 15.5. The monoisotopic (exact) mass is 292 g/mol. The fourth-order valence-electron chi connectivity index (χ4n) is 2.71. The molecular formula is C18H20N4. The first-order valence-electron chi connectivity index (χ1n) is 7.40. The number of nitrogens with zero attached hydrogens (tertiary/aromatic N) is 2. The fraction of sp³-hybridized carbons (Fsp3) is 0.222. The van der Waals surface area contributed by atoms with Crippen LogP contribution in [-0.4, -0.2) is 17.2 Å². The molecule has 0 unspecified atom stereocenters. The first-order chi connectivity index (χ1) is 10.6. The number of pyridine rings is 1. The van der Waals surface area contributed by atoms with E-state index in [2.05, 4.69) is 40.4 Å². The molecule has 2 heterocycles. The molecule has 3 rings (SSSR count). The Hall–Kier alpha value is -2.62. The van der Waals surface area contributed by atoms with Crippen molar-refractivity contribution in [2.45, 2.75) is 20.4 Å². The number of aliphatic imine (C=N–C) groups is 1. The molecule has 0 amide bonds. The van der Waals surface area contributed by atoms with Gasteiger partial charge < -0.3 is 11.1 Å². The van der Waals surface area contributed by atoms with E-state index in [1.165, 1.54) is 16.7 Å². The van der Waals surface area contributed by atoms with Crippen LogP contribution < -0.4 is 11.1 Å². The van der Waals surface area contributed by atoms with Crippen LogP contribution in [-0.2, 0) is 6.54 Å². The average molecular weight is 292 g/mol. The van der Waals surface area contributed by atoms with Gasteiger partial charge in [0.1, 0.15) is 5.82 Å². The van der Waals surface area contributed by atoms with Crippen LogP contribution >= 0.6 is 0 Å². The largest absolute Gasteiger partial charge is 0.382 e. The summed E-state index contributed by atoms with van der Waals surface area (Å²) in [6, 6.07) is 12.3. The Morgan fingerprint density at radius 1 is 1.18 bits per heavy atom. The maximum Gasteiger partial charge on any atom is 0.146 e. The lowest BCUT2D eigenvalue weighted by molar-refractivity contribution is 1.14. The van der Waals surface area contributed by atoms with Crippen molar-refractivity contribution in [3.05, 3.63) is 59.3 Å². The summed E-state index contributed by atoms with van der Waals surface area (Å²) in [5.41, 5.74) is 12.7. The highest BCUT2D eigenvalue weighted by Crippen LogP contribution is 2.28. The molecule has 0 atom stereocenters. The topological polar surface area (TPSA) is 63.3 Å². The second-order valence-corrected chi connectivity index (χ2v) is 5.55. The third-order valence-corrected chi connectivity index (χ3v) is 3.87. The Bertz CT molecular complexity index is 745. The summed E-state index contributed by atoms with van der Waals surface area (Å²) >= 11 is 0. The SMILES string of the molecule is CC1=NCC(C)=C1c1cnc(N)c(NCc2ccccc2)c1. The van der Waals surface area contributed by atoms with Crippen LogP contribution in [0.25, 0.3) is 5.57 Å². The van der Waals surface area contributed by atoms with Crippen molar-refractivity contribution in [2.24, 2.45) is 4.99 Å². The number of anilines is 2. The van der Waals surface area contributed by atoms with Crippen molar-refractivity contribution >= 4 is 22.8 Å². The summed E-state index contributed by atoms with van der Waals surface area (Å²) in [5, 5.41) is 3.37. The quantitative estimate of drug-likeness (QED) is 0.906. The van der Waals surface area contributed by atoms with E-state index in [1.807, 2.05) is 31.3 Å². The zero-order valence-electron chi connectivity index (χ0n) is 12.9. The van der Waals surface area contributed by atoms with Gasteiger partial charge in [0.15, 0.2) is 0 Å². The van der Waals surface area contributed by atoms with Crippen molar-refractivity contribution in [3.8, 4) is 0 Å². The number of aromatic nitrogens is 1. The van der Waals surface area contributed by atoms with Crippen LogP contribution in [0, 0.1) is 0 Å². The van der Waals surface area contributed by atoms with Gasteiger partial charge in [0.2, 0.25) is 0 Å². The number of benzene rings is 1. The Labute approximate surface area is 130 Å². The summed E-state index contributed by atoms with van der Waals surface area (Å²) in [6.45, 7) is 5.65. The van der Waals surface area contributed by atoms with E-state index in [0.717, 1.165) is 30.1 Å². The van der Waals surface area contributed by atoms with E-state index < -0.39 is 0 Å². The lowest BCUT2D eigenvalue weighted by atomic mass is 10.0. The summed E-state index contributed by atoms with van der Waals surface area (Å²) in [4.78, 5) is 8.81. The molecular weight excluding hydrogens is 272 g/mol. The number of nitrogens with two attached hydrogens (primary N) is 1. The molecule has 0 saturated heterocycles. The summed E-state index contributed by atoms with van der Waals surface area (Å²) in [7, 11) is 0. The van der Waals surface area contributed by atoms with Gasteiger partial charge >= 0.3 is 0 Å².